The van der Waals surface area contributed by atoms with Crippen LogP contribution in [0, 0.1) is 17.8 Å². The van der Waals surface area contributed by atoms with Crippen molar-refractivity contribution >= 4 is 12.0 Å². The molecule has 1 saturated heterocycles. The molecule has 0 aliphatic carbocycles. The molecule has 2 bridgehead atoms. The summed E-state index contributed by atoms with van der Waals surface area (Å²) in [5.41, 5.74) is 1.39. The van der Waals surface area contributed by atoms with Crippen LogP contribution < -0.4 is 0 Å². The number of carbonyl (C=O) groups excluding carboxylic acids is 1. The number of allylic oxidation sites excluding steroid dienone is 12. The van der Waals surface area contributed by atoms with Crippen molar-refractivity contribution in [1.29, 1.82) is 0 Å². The van der Waals surface area contributed by atoms with Crippen molar-refractivity contribution in [1.82, 2.24) is 4.98 Å². The minimum absolute atomic E-state index is 0.0378. The van der Waals surface area contributed by atoms with Crippen LogP contribution >= 0.6 is 0 Å². The number of fused-ring (bicyclic) bond motifs is 2. The number of nitrogens with zero attached hydrogens (tertiary/aromatic N) is 1. The van der Waals surface area contributed by atoms with E-state index in [4.69, 9.17) is 18.6 Å². The van der Waals surface area contributed by atoms with E-state index >= 15 is 0 Å². The van der Waals surface area contributed by atoms with E-state index in [-0.39, 0.29) is 24.7 Å². The molecule has 13 heteroatoms. The highest BCUT2D eigenvalue weighted by Crippen LogP contribution is 2.27. The van der Waals surface area contributed by atoms with E-state index in [2.05, 4.69) is 4.98 Å². The van der Waals surface area contributed by atoms with Crippen molar-refractivity contribution in [2.75, 3.05) is 0 Å². The van der Waals surface area contributed by atoms with Crippen LogP contribution in [0.5, 0.6) is 0 Å². The lowest BCUT2D eigenvalue weighted by atomic mass is 9.86. The molecule has 3 heterocycles. The number of esters is 1. The minimum Gasteiger partial charge on any atom is -0.458 e. The summed E-state index contributed by atoms with van der Waals surface area (Å²) < 4.78 is 23.4. The number of rotatable bonds is 6. The van der Waals surface area contributed by atoms with Gasteiger partial charge < -0.3 is 54.4 Å². The molecule has 0 radical (unpaired) electrons. The van der Waals surface area contributed by atoms with Crippen LogP contribution in [0.2, 0.25) is 0 Å². The summed E-state index contributed by atoms with van der Waals surface area (Å²) in [6.45, 7) is 12.4. The number of ether oxygens (including phenoxy) is 3. The quantitative estimate of drug-likeness (QED) is 0.190. The number of carbonyl (C=O) groups is 1. The van der Waals surface area contributed by atoms with Crippen LogP contribution in [-0.2, 0) is 19.0 Å². The van der Waals surface area contributed by atoms with E-state index < -0.39 is 85.1 Å². The number of hydrogen-bond acceptors (Lipinski definition) is 13. The molecular weight excluding hydrogens is 759 g/mol. The van der Waals surface area contributed by atoms with E-state index in [0.717, 1.165) is 5.57 Å². The molecule has 10 unspecified atom stereocenters. The minimum atomic E-state index is -1.49. The lowest BCUT2D eigenvalue weighted by Crippen LogP contribution is -2.58. The van der Waals surface area contributed by atoms with Crippen LogP contribution in [0.15, 0.2) is 113 Å². The van der Waals surface area contributed by atoms with E-state index in [0.29, 0.717) is 11.6 Å². The van der Waals surface area contributed by atoms with Gasteiger partial charge in [0.2, 0.25) is 0 Å². The van der Waals surface area contributed by atoms with E-state index in [1.165, 1.54) is 12.3 Å². The SMILES string of the molecule is CC1=C\C(C)C(O[C@@H]2O[C@H](C)[C@@H](O)[C@H](O)[C@H]2O)/C=C\C=C\c2coc(n2)C(C)C(O)CC(O)/C=C/C=C/C=C\C(C)C(C(C)C(O)CC(C)O)OC(=O)\C=C/C=C/C=C\1. The van der Waals surface area contributed by atoms with E-state index in [1.807, 2.05) is 39.0 Å². The number of oxazole rings is 1. The molecule has 59 heavy (non-hydrogen) atoms. The Labute approximate surface area is 348 Å². The third kappa shape index (κ3) is 16.5. The summed E-state index contributed by atoms with van der Waals surface area (Å²) in [6.07, 6.45) is 19.7. The molecule has 2 aliphatic rings. The van der Waals surface area contributed by atoms with Gasteiger partial charge in [-0.1, -0.05) is 124 Å². The van der Waals surface area contributed by atoms with Gasteiger partial charge in [0.15, 0.2) is 12.2 Å². The zero-order valence-corrected chi connectivity index (χ0v) is 35.1. The molecule has 7 N–H and O–H groups in total. The monoisotopic (exact) mass is 823 g/mol. The Bertz CT molecular complexity index is 1700. The van der Waals surface area contributed by atoms with Gasteiger partial charge >= 0.3 is 5.97 Å². The number of aromatic nitrogens is 1. The van der Waals surface area contributed by atoms with Gasteiger partial charge in [-0.2, -0.15) is 0 Å². The second-order valence-corrected chi connectivity index (χ2v) is 15.6. The molecule has 0 amide bonds. The molecule has 1 aromatic rings. The number of hydrogen-bond donors (Lipinski definition) is 7. The first-order chi connectivity index (χ1) is 28.0. The average molecular weight is 824 g/mol. The maximum Gasteiger partial charge on any atom is 0.331 e. The lowest BCUT2D eigenvalue weighted by molar-refractivity contribution is -0.302. The Morgan fingerprint density at radius 2 is 1.41 bits per heavy atom. The van der Waals surface area contributed by atoms with E-state index in [1.54, 1.807) is 107 Å². The predicted octanol–water partition coefficient (Wildman–Crippen LogP) is 4.92. The molecule has 15 atom stereocenters. The van der Waals surface area contributed by atoms with Crippen LogP contribution in [-0.4, -0.2) is 114 Å². The first-order valence-corrected chi connectivity index (χ1v) is 20.3. The predicted molar refractivity (Wildman–Crippen MR) is 225 cm³/mol. The van der Waals surface area contributed by atoms with Gasteiger partial charge in [0, 0.05) is 30.3 Å². The van der Waals surface area contributed by atoms with Crippen LogP contribution in [0.1, 0.15) is 78.8 Å². The van der Waals surface area contributed by atoms with E-state index in [9.17, 15) is 40.5 Å². The first kappa shape index (κ1) is 49.3. The zero-order valence-electron chi connectivity index (χ0n) is 35.1. The highest BCUT2D eigenvalue weighted by atomic mass is 16.7. The molecule has 0 spiro atoms. The largest absolute Gasteiger partial charge is 0.458 e. The van der Waals surface area contributed by atoms with Gasteiger partial charge in [-0.25, -0.2) is 9.78 Å². The van der Waals surface area contributed by atoms with Gasteiger partial charge in [0.05, 0.1) is 42.5 Å². The topological polar surface area (TPSA) is 212 Å². The Morgan fingerprint density at radius 3 is 2.10 bits per heavy atom. The lowest BCUT2D eigenvalue weighted by Gasteiger charge is -2.40. The average Bonchev–Trinajstić information content (AvgIpc) is 3.66. The van der Waals surface area contributed by atoms with Crippen molar-refractivity contribution in [2.24, 2.45) is 17.8 Å². The van der Waals surface area contributed by atoms with Crippen LogP contribution in [0.3, 0.4) is 0 Å². The second-order valence-electron chi connectivity index (χ2n) is 15.6. The highest BCUT2D eigenvalue weighted by Gasteiger charge is 2.43. The molecule has 0 saturated carbocycles. The molecule has 1 aromatic heterocycles. The number of aliphatic hydroxyl groups excluding tert-OH is 7. The summed E-state index contributed by atoms with van der Waals surface area (Å²) in [5.74, 6) is -1.88. The molecule has 326 valence electrons. The fourth-order valence-corrected chi connectivity index (χ4v) is 6.59. The molecule has 0 aromatic carbocycles. The highest BCUT2D eigenvalue weighted by molar-refractivity contribution is 5.82. The Hall–Kier alpha value is -4.02. The summed E-state index contributed by atoms with van der Waals surface area (Å²) in [6, 6.07) is 0. The van der Waals surface area contributed by atoms with Crippen LogP contribution in [0.25, 0.3) is 6.08 Å². The molecule has 2 aliphatic heterocycles. The summed E-state index contributed by atoms with van der Waals surface area (Å²) in [4.78, 5) is 17.4. The number of aliphatic hydroxyl groups is 7. The molecule has 3 rings (SSSR count). The smallest absolute Gasteiger partial charge is 0.331 e. The number of cyclic esters (lactones) is 1. The zero-order chi connectivity index (χ0) is 43.6. The summed E-state index contributed by atoms with van der Waals surface area (Å²) >= 11 is 0. The standard InChI is InChI=1S/C46H65NO12/c1-28-18-12-8-11-15-23-40(52)59-44(32(5)37(50)25-31(4)48)29(2)19-13-9-10-14-21-36(49)26-38(51)33(6)45-47-35(27-56-45)20-16-17-22-39(30(3)24-28)58-46-43(55)42(54)41(53)34(7)57-46/h8-24,27,29-34,36-39,41-44,46,48-51,53-55H,25-26H2,1-7H3/b10-9+,11-8+,18-12-,19-13-,20-16+,21-14+,22-17-,23-15-,28-24+/t29?,30?,31?,32?,33?,34-,36?,37?,38?,39?,41-,42+,43-,44?,46+/m1/s1. The van der Waals surface area contributed by atoms with Gasteiger partial charge in [-0.3, -0.25) is 0 Å². The fourth-order valence-electron chi connectivity index (χ4n) is 6.59. The van der Waals surface area contributed by atoms with Gasteiger partial charge in [0.1, 0.15) is 36.4 Å². The van der Waals surface area contributed by atoms with Gasteiger partial charge in [0.25, 0.3) is 0 Å². The van der Waals surface area contributed by atoms with Crippen molar-refractivity contribution in [3.8, 4) is 0 Å². The maximum absolute atomic E-state index is 12.9. The van der Waals surface area contributed by atoms with Crippen molar-refractivity contribution in [3.05, 3.63) is 121 Å². The van der Waals surface area contributed by atoms with Gasteiger partial charge in [-0.15, -0.1) is 0 Å². The maximum atomic E-state index is 12.9. The van der Waals surface area contributed by atoms with Crippen molar-refractivity contribution in [2.45, 2.75) is 135 Å². The molecular formula is C46H65NO12. The Kier molecular flexibility index (Phi) is 20.8. The summed E-state index contributed by atoms with van der Waals surface area (Å²) in [5, 5.41) is 73.3. The van der Waals surface area contributed by atoms with Crippen LogP contribution in [0.4, 0.5) is 0 Å². The fraction of sp³-hybridized carbons (Fsp3) is 0.522. The van der Waals surface area contributed by atoms with Gasteiger partial charge in [-0.05, 0) is 33.3 Å². The molecule has 13 nitrogen and oxygen atoms in total. The molecule has 1 fully saturated rings. The Balaban J connectivity index is 1.91. The third-order valence-corrected chi connectivity index (χ3v) is 10.3. The normalized spacial score (nSPS) is 39.0. The summed E-state index contributed by atoms with van der Waals surface area (Å²) in [7, 11) is 0. The first-order valence-electron chi connectivity index (χ1n) is 20.3. The third-order valence-electron chi connectivity index (χ3n) is 10.3. The second kappa shape index (κ2) is 24.9. The van der Waals surface area contributed by atoms with Crippen molar-refractivity contribution in [3.63, 3.8) is 0 Å². The Morgan fingerprint density at radius 1 is 0.780 bits per heavy atom. The van der Waals surface area contributed by atoms with Crippen molar-refractivity contribution < 1.29 is 59.2 Å².